The highest BCUT2D eigenvalue weighted by Crippen LogP contribution is 2.13. The average molecular weight is 983 g/mol. The lowest BCUT2D eigenvalue weighted by atomic mass is 10.1. The first kappa shape index (κ1) is 61.1. The number of esters is 6. The van der Waals surface area contributed by atoms with E-state index in [1.807, 2.05) is 0 Å². The Kier molecular flexibility index (Phi) is 32.8. The van der Waals surface area contributed by atoms with Crippen molar-refractivity contribution in [3.63, 3.8) is 0 Å². The third-order valence-electron chi connectivity index (χ3n) is 7.84. The Morgan fingerprint density at radius 2 is 0.971 bits per heavy atom. The van der Waals surface area contributed by atoms with E-state index in [2.05, 4.69) is 52.2 Å². The fourth-order valence-corrected chi connectivity index (χ4v) is 4.32. The molecule has 6 heterocycles. The molecule has 24 heteroatoms. The molecule has 6 rings (SSSR count). The van der Waals surface area contributed by atoms with Crippen molar-refractivity contribution in [2.24, 2.45) is 0 Å². The van der Waals surface area contributed by atoms with Crippen LogP contribution in [-0.2, 0) is 114 Å². The van der Waals surface area contributed by atoms with Crippen LogP contribution in [0.1, 0.15) is 27.7 Å². The Labute approximate surface area is 399 Å². The van der Waals surface area contributed by atoms with Crippen LogP contribution in [0.15, 0.2) is 25.5 Å². The first-order valence-electron chi connectivity index (χ1n) is 20.4. The first-order valence-corrected chi connectivity index (χ1v) is 20.4. The van der Waals surface area contributed by atoms with Gasteiger partial charge in [-0.1, -0.05) is 42.9 Å². The maximum Gasteiger partial charge on any atom is 0.342 e. The Bertz CT molecular complexity index is 1760. The smallest absolute Gasteiger partial charge is 0.342 e. The van der Waals surface area contributed by atoms with Gasteiger partial charge in [-0.3, -0.25) is 0 Å². The summed E-state index contributed by atoms with van der Waals surface area (Å²) >= 11 is 0. The van der Waals surface area contributed by atoms with Crippen LogP contribution in [0.3, 0.4) is 0 Å². The molecule has 6 aliphatic rings. The number of terminal acetylenes is 3. The predicted octanol–water partition coefficient (Wildman–Crippen LogP) is -0.165. The summed E-state index contributed by atoms with van der Waals surface area (Å²) < 4.78 is 86.4. The van der Waals surface area contributed by atoms with Gasteiger partial charge >= 0.3 is 35.8 Å². The monoisotopic (exact) mass is 982 g/mol. The van der Waals surface area contributed by atoms with Crippen molar-refractivity contribution in [2.45, 2.75) is 76.0 Å². The molecule has 0 aromatic carbocycles. The number of carbonyl (C=O) groups is 6. The van der Waals surface area contributed by atoms with Gasteiger partial charge in [0, 0.05) is 0 Å². The molecule has 0 spiro atoms. The van der Waals surface area contributed by atoms with Gasteiger partial charge in [-0.05, 0) is 27.7 Å². The van der Waals surface area contributed by atoms with E-state index in [0.717, 1.165) is 6.26 Å². The first-order chi connectivity index (χ1) is 33.2. The number of ether oxygens (including phenoxy) is 18. The van der Waals surface area contributed by atoms with Gasteiger partial charge in [-0.2, -0.15) is 0 Å². The van der Waals surface area contributed by atoms with E-state index in [-0.39, 0.29) is 106 Å². The molecule has 0 radical (unpaired) electrons. The Morgan fingerprint density at radius 1 is 0.594 bits per heavy atom. The van der Waals surface area contributed by atoms with E-state index >= 15 is 0 Å². The second kappa shape index (κ2) is 37.0. The van der Waals surface area contributed by atoms with E-state index in [0.29, 0.717) is 0 Å². The third kappa shape index (κ3) is 27.6. The summed E-state index contributed by atoms with van der Waals surface area (Å²) in [5.41, 5.74) is -0.886. The minimum absolute atomic E-state index is 0.0152. The van der Waals surface area contributed by atoms with Crippen molar-refractivity contribution in [3.8, 4) is 48.9 Å². The van der Waals surface area contributed by atoms with Crippen LogP contribution < -0.4 is 0 Å². The molecule has 6 saturated heterocycles. The standard InChI is InChI=1S/C9H12O4.2C8H10O4.C7H10O4.C7H8O4.C6H8O4/c1-4-9(2,3)13-8(10)7-5-11-6-12-7;1-3-6(2)12-8(9)7-4-10-5-11-7;1-2-3-4-11-8(9)7-5-10-6-12-7;2*1-2-3-10-7(8)6-4-9-5-11-6;1-2-9-6(7)5-3-8-4-10-5/h1,7H,5-6H2,2-3H3;1,6-7H,4-5H2,2H3;7H,4-6H2,1H3;2,6H,1,3-5H2;1,6H,3-5H2;2,5H,1,3-4H2. The van der Waals surface area contributed by atoms with Crippen LogP contribution in [0.2, 0.25) is 0 Å². The lowest BCUT2D eigenvalue weighted by Gasteiger charge is -2.19. The summed E-state index contributed by atoms with van der Waals surface area (Å²) in [5.74, 6) is 9.41. The maximum absolute atomic E-state index is 11.3. The van der Waals surface area contributed by atoms with Gasteiger partial charge in [0.25, 0.3) is 0 Å². The molecule has 7 unspecified atom stereocenters. The summed E-state index contributed by atoms with van der Waals surface area (Å²) in [7, 11) is 0. The van der Waals surface area contributed by atoms with Crippen LogP contribution >= 0.6 is 0 Å². The molecule has 6 aliphatic heterocycles. The summed E-state index contributed by atoms with van der Waals surface area (Å²) in [6.45, 7) is 16.1. The number of carbonyl (C=O) groups excluding carboxylic acids is 6. The third-order valence-corrected chi connectivity index (χ3v) is 7.84. The zero-order valence-corrected chi connectivity index (χ0v) is 38.7. The van der Waals surface area contributed by atoms with Crippen LogP contribution in [0.5, 0.6) is 0 Å². The molecular formula is C45H58O24. The molecule has 0 aliphatic carbocycles. The Balaban J connectivity index is 0.000000415. The highest BCUT2D eigenvalue weighted by atomic mass is 16.7. The maximum atomic E-state index is 11.3. The zero-order valence-electron chi connectivity index (χ0n) is 38.7. The quantitative estimate of drug-likeness (QED) is 0.0762. The van der Waals surface area contributed by atoms with Crippen molar-refractivity contribution in [2.75, 3.05) is 100 Å². The van der Waals surface area contributed by atoms with Crippen molar-refractivity contribution in [1.82, 2.24) is 0 Å². The highest BCUT2D eigenvalue weighted by Gasteiger charge is 2.31. The number of hydrogen-bond acceptors (Lipinski definition) is 24. The van der Waals surface area contributed by atoms with Crippen molar-refractivity contribution >= 4 is 35.8 Å². The van der Waals surface area contributed by atoms with Crippen LogP contribution in [0.25, 0.3) is 0 Å². The van der Waals surface area contributed by atoms with Crippen LogP contribution in [0.4, 0.5) is 0 Å². The molecule has 0 amide bonds. The van der Waals surface area contributed by atoms with Crippen molar-refractivity contribution in [1.29, 1.82) is 0 Å². The number of hydrogen-bond donors (Lipinski definition) is 0. The molecule has 0 aromatic rings. The molecule has 0 bridgehead atoms. The second-order valence-corrected chi connectivity index (χ2v) is 13.6. The predicted molar refractivity (Wildman–Crippen MR) is 229 cm³/mol. The van der Waals surface area contributed by atoms with Gasteiger partial charge in [0.05, 0.1) is 45.9 Å². The SMILES string of the molecule is C#CC(C)(C)OC(=O)C1COCO1.C#CC(C)OC(=O)C1COCO1.C#CCOC(=O)C1COCO1.C=CCOC(=O)C1COCO1.C=COC(=O)C1COCO1.CC#CCOC(=O)C1COCO1. The summed E-state index contributed by atoms with van der Waals surface area (Å²) in [6.07, 6.45) is 13.6. The zero-order chi connectivity index (χ0) is 51.3. The van der Waals surface area contributed by atoms with Gasteiger partial charge in [0.2, 0.25) is 0 Å². The topological polar surface area (TPSA) is 269 Å². The lowest BCUT2D eigenvalue weighted by molar-refractivity contribution is -0.162. The fourth-order valence-electron chi connectivity index (χ4n) is 4.32. The molecular weight excluding hydrogens is 924 g/mol. The molecule has 0 N–H and O–H groups in total. The van der Waals surface area contributed by atoms with Crippen molar-refractivity contribution in [3.05, 3.63) is 25.5 Å². The van der Waals surface area contributed by atoms with E-state index in [1.165, 1.54) is 6.08 Å². The summed E-state index contributed by atoms with van der Waals surface area (Å²) in [4.78, 5) is 66.0. The molecule has 24 nitrogen and oxygen atoms in total. The molecule has 0 aromatic heterocycles. The van der Waals surface area contributed by atoms with E-state index < -0.39 is 78.2 Å². The Hall–Kier alpha value is -5.94. The summed E-state index contributed by atoms with van der Waals surface area (Å²) in [6, 6.07) is 0. The molecule has 382 valence electrons. The summed E-state index contributed by atoms with van der Waals surface area (Å²) in [5, 5.41) is 0. The molecule has 7 atom stereocenters. The van der Waals surface area contributed by atoms with Gasteiger partial charge < -0.3 is 85.3 Å². The van der Waals surface area contributed by atoms with Crippen molar-refractivity contribution < 1.29 is 114 Å². The second-order valence-electron chi connectivity index (χ2n) is 13.6. The molecule has 0 saturated carbocycles. The fraction of sp³-hybridized carbons (Fsp3) is 0.600. The average Bonchev–Trinajstić information content (AvgIpc) is 4.21. The lowest BCUT2D eigenvalue weighted by Crippen LogP contribution is -2.33. The minimum atomic E-state index is -0.886. The van der Waals surface area contributed by atoms with Gasteiger partial charge in [-0.15, -0.1) is 25.2 Å². The van der Waals surface area contributed by atoms with E-state index in [1.54, 1.807) is 27.7 Å². The normalized spacial score (nSPS) is 23.0. The van der Waals surface area contributed by atoms with E-state index in [4.69, 9.17) is 95.1 Å². The molecule has 69 heavy (non-hydrogen) atoms. The van der Waals surface area contributed by atoms with E-state index in [9.17, 15) is 28.8 Å². The number of rotatable bonds is 13. The molecule has 6 fully saturated rings. The minimum Gasteiger partial charge on any atom is -0.459 e. The van der Waals surface area contributed by atoms with Crippen LogP contribution in [-0.4, -0.2) is 184 Å². The Morgan fingerprint density at radius 3 is 1.30 bits per heavy atom. The van der Waals surface area contributed by atoms with Gasteiger partial charge in [-0.25, -0.2) is 28.8 Å². The van der Waals surface area contributed by atoms with Gasteiger partial charge in [0.15, 0.2) is 61.5 Å². The van der Waals surface area contributed by atoms with Crippen LogP contribution in [0, 0.1) is 48.9 Å². The van der Waals surface area contributed by atoms with Gasteiger partial charge in [0.1, 0.15) is 47.4 Å². The largest absolute Gasteiger partial charge is 0.459 e. The highest BCUT2D eigenvalue weighted by molar-refractivity contribution is 5.77.